The van der Waals surface area contributed by atoms with Crippen molar-refractivity contribution >= 4 is 12.0 Å². The first-order valence-corrected chi connectivity index (χ1v) is 10.2. The largest absolute Gasteiger partial charge is 0.497 e. The number of methoxy groups -OCH3 is 1. The van der Waals surface area contributed by atoms with Gasteiger partial charge in [0.15, 0.2) is 0 Å². The van der Waals surface area contributed by atoms with Gasteiger partial charge < -0.3 is 9.47 Å². The fourth-order valence-electron chi connectivity index (χ4n) is 3.25. The highest BCUT2D eigenvalue weighted by Crippen LogP contribution is 2.31. The molecule has 0 amide bonds. The summed E-state index contributed by atoms with van der Waals surface area (Å²) in [5, 5.41) is 0. The molecule has 0 aliphatic rings. The van der Waals surface area contributed by atoms with Gasteiger partial charge in [-0.15, -0.1) is 0 Å². The number of ether oxygens (including phenoxy) is 2. The summed E-state index contributed by atoms with van der Waals surface area (Å²) in [6, 6.07) is 15.6. The first kappa shape index (κ1) is 22.5. The Morgan fingerprint density at radius 1 is 0.897 bits per heavy atom. The number of carbonyl (C=O) groups is 1. The highest BCUT2D eigenvalue weighted by molar-refractivity contribution is 5.84. The monoisotopic (exact) mass is 392 g/mol. The van der Waals surface area contributed by atoms with E-state index in [1.807, 2.05) is 48.6 Å². The van der Waals surface area contributed by atoms with Gasteiger partial charge >= 0.3 is 5.97 Å². The molecule has 2 rings (SSSR count). The predicted molar refractivity (Wildman–Crippen MR) is 120 cm³/mol. The van der Waals surface area contributed by atoms with Gasteiger partial charge in [0.25, 0.3) is 0 Å². The SMILES string of the molecule is COc1ccc(C=CC=CC(=O)Oc2ccc(C(CC(C)C)C(C)C)cc2)cc1. The molecule has 0 saturated heterocycles. The molecule has 0 spiro atoms. The quantitative estimate of drug-likeness (QED) is 0.207. The highest BCUT2D eigenvalue weighted by Gasteiger charge is 2.17. The van der Waals surface area contributed by atoms with Crippen LogP contribution in [0.15, 0.2) is 66.8 Å². The van der Waals surface area contributed by atoms with Gasteiger partial charge in [0.1, 0.15) is 11.5 Å². The summed E-state index contributed by atoms with van der Waals surface area (Å²) >= 11 is 0. The molecule has 0 radical (unpaired) electrons. The van der Waals surface area contributed by atoms with Gasteiger partial charge in [-0.3, -0.25) is 0 Å². The van der Waals surface area contributed by atoms with Crippen LogP contribution in [-0.2, 0) is 4.79 Å². The van der Waals surface area contributed by atoms with E-state index in [9.17, 15) is 4.79 Å². The van der Waals surface area contributed by atoms with Crippen LogP contribution in [0.2, 0.25) is 0 Å². The number of carbonyl (C=O) groups excluding carboxylic acids is 1. The van der Waals surface area contributed by atoms with Crippen LogP contribution < -0.4 is 9.47 Å². The molecule has 0 aliphatic carbocycles. The van der Waals surface area contributed by atoms with Crippen LogP contribution in [0.4, 0.5) is 0 Å². The molecular weight excluding hydrogens is 360 g/mol. The Balaban J connectivity index is 1.91. The lowest BCUT2D eigenvalue weighted by molar-refractivity contribution is -0.128. The predicted octanol–water partition coefficient (Wildman–Crippen LogP) is 6.66. The van der Waals surface area contributed by atoms with Crippen LogP contribution in [0.25, 0.3) is 6.08 Å². The Bertz CT molecular complexity index is 812. The first-order valence-electron chi connectivity index (χ1n) is 10.2. The van der Waals surface area contributed by atoms with Crippen LogP contribution in [0.1, 0.15) is 51.2 Å². The average molecular weight is 393 g/mol. The number of allylic oxidation sites excluding steroid dienone is 2. The van der Waals surface area contributed by atoms with E-state index in [1.54, 1.807) is 13.2 Å². The fraction of sp³-hybridized carbons (Fsp3) is 0.346. The number of rotatable bonds is 9. The number of esters is 1. The van der Waals surface area contributed by atoms with Crippen molar-refractivity contribution in [3.63, 3.8) is 0 Å². The second kappa shape index (κ2) is 11.3. The maximum absolute atomic E-state index is 12.0. The molecule has 0 saturated carbocycles. The van der Waals surface area contributed by atoms with Gasteiger partial charge in [0.05, 0.1) is 7.11 Å². The van der Waals surface area contributed by atoms with Crippen molar-refractivity contribution < 1.29 is 14.3 Å². The molecule has 3 heteroatoms. The minimum absolute atomic E-state index is 0.389. The highest BCUT2D eigenvalue weighted by atomic mass is 16.5. The van der Waals surface area contributed by atoms with Crippen molar-refractivity contribution in [2.75, 3.05) is 7.11 Å². The third kappa shape index (κ3) is 7.61. The molecule has 0 aliphatic heterocycles. The Labute approximate surface area is 175 Å². The molecular formula is C26H32O3. The maximum Gasteiger partial charge on any atom is 0.336 e. The number of hydrogen-bond donors (Lipinski definition) is 0. The second-order valence-corrected chi connectivity index (χ2v) is 7.96. The summed E-state index contributed by atoms with van der Waals surface area (Å²) in [5.41, 5.74) is 2.33. The molecule has 1 atom stereocenters. The summed E-state index contributed by atoms with van der Waals surface area (Å²) in [6.45, 7) is 9.01. The van der Waals surface area contributed by atoms with E-state index in [4.69, 9.17) is 9.47 Å². The number of benzene rings is 2. The maximum atomic E-state index is 12.0. The number of hydrogen-bond acceptors (Lipinski definition) is 3. The smallest absolute Gasteiger partial charge is 0.336 e. The van der Waals surface area contributed by atoms with Crippen molar-refractivity contribution in [1.29, 1.82) is 0 Å². The topological polar surface area (TPSA) is 35.5 Å². The van der Waals surface area contributed by atoms with Crippen LogP contribution in [-0.4, -0.2) is 13.1 Å². The van der Waals surface area contributed by atoms with Gasteiger partial charge in [-0.05, 0) is 59.6 Å². The molecule has 2 aromatic carbocycles. The first-order chi connectivity index (χ1) is 13.9. The lowest BCUT2D eigenvalue weighted by Crippen LogP contribution is -2.10. The summed E-state index contributed by atoms with van der Waals surface area (Å²) < 4.78 is 10.5. The van der Waals surface area contributed by atoms with Crippen LogP contribution >= 0.6 is 0 Å². The molecule has 3 nitrogen and oxygen atoms in total. The van der Waals surface area contributed by atoms with Gasteiger partial charge in [0, 0.05) is 6.08 Å². The van der Waals surface area contributed by atoms with Crippen molar-refractivity contribution in [1.82, 2.24) is 0 Å². The summed E-state index contributed by atoms with van der Waals surface area (Å²) in [5.74, 6) is 2.73. The summed E-state index contributed by atoms with van der Waals surface area (Å²) in [6.07, 6.45) is 7.98. The zero-order chi connectivity index (χ0) is 21.2. The molecule has 0 bridgehead atoms. The average Bonchev–Trinajstić information content (AvgIpc) is 2.70. The molecule has 0 fully saturated rings. The lowest BCUT2D eigenvalue weighted by Gasteiger charge is -2.23. The van der Waals surface area contributed by atoms with Crippen molar-refractivity contribution in [2.24, 2.45) is 11.8 Å². The third-order valence-corrected chi connectivity index (χ3v) is 4.80. The molecule has 29 heavy (non-hydrogen) atoms. The van der Waals surface area contributed by atoms with E-state index >= 15 is 0 Å². The van der Waals surface area contributed by atoms with E-state index in [0.29, 0.717) is 23.5 Å². The van der Waals surface area contributed by atoms with E-state index in [2.05, 4.69) is 39.8 Å². The van der Waals surface area contributed by atoms with E-state index in [0.717, 1.165) is 17.7 Å². The molecule has 0 N–H and O–H groups in total. The van der Waals surface area contributed by atoms with Gasteiger partial charge in [0.2, 0.25) is 0 Å². The minimum Gasteiger partial charge on any atom is -0.497 e. The minimum atomic E-state index is -0.389. The van der Waals surface area contributed by atoms with E-state index < -0.39 is 0 Å². The normalized spacial score (nSPS) is 12.8. The summed E-state index contributed by atoms with van der Waals surface area (Å²) in [4.78, 5) is 12.0. The second-order valence-electron chi connectivity index (χ2n) is 7.96. The molecule has 0 aromatic heterocycles. The Morgan fingerprint density at radius 2 is 1.52 bits per heavy atom. The van der Waals surface area contributed by atoms with E-state index in [-0.39, 0.29) is 5.97 Å². The molecule has 2 aromatic rings. The van der Waals surface area contributed by atoms with E-state index in [1.165, 1.54) is 11.6 Å². The standard InChI is InChI=1S/C26H32O3/c1-19(2)18-25(20(3)4)22-12-16-24(17-13-22)29-26(27)9-7-6-8-21-10-14-23(28-5)15-11-21/h6-17,19-20,25H,18H2,1-5H3. The molecule has 0 heterocycles. The Hall–Kier alpha value is -2.81. The van der Waals surface area contributed by atoms with Gasteiger partial charge in [-0.2, -0.15) is 0 Å². The fourth-order valence-corrected chi connectivity index (χ4v) is 3.25. The lowest BCUT2D eigenvalue weighted by atomic mass is 9.82. The van der Waals surface area contributed by atoms with Crippen LogP contribution in [0.3, 0.4) is 0 Å². The Morgan fingerprint density at radius 3 is 2.07 bits per heavy atom. The molecule has 154 valence electrons. The van der Waals surface area contributed by atoms with Crippen LogP contribution in [0, 0.1) is 11.8 Å². The zero-order valence-corrected chi connectivity index (χ0v) is 18.1. The van der Waals surface area contributed by atoms with Gasteiger partial charge in [-0.25, -0.2) is 4.79 Å². The van der Waals surface area contributed by atoms with Crippen molar-refractivity contribution in [3.8, 4) is 11.5 Å². The van der Waals surface area contributed by atoms with Gasteiger partial charge in [-0.1, -0.05) is 70.2 Å². The van der Waals surface area contributed by atoms with Crippen molar-refractivity contribution in [3.05, 3.63) is 77.9 Å². The summed E-state index contributed by atoms with van der Waals surface area (Å²) in [7, 11) is 1.64. The zero-order valence-electron chi connectivity index (χ0n) is 18.1. The third-order valence-electron chi connectivity index (χ3n) is 4.80. The Kier molecular flexibility index (Phi) is 8.72. The van der Waals surface area contributed by atoms with Crippen LogP contribution in [0.5, 0.6) is 11.5 Å². The molecule has 1 unspecified atom stereocenters. The van der Waals surface area contributed by atoms with Crippen molar-refractivity contribution in [2.45, 2.75) is 40.0 Å².